The molecule has 9 nitrogen and oxygen atoms in total. The molecule has 39 heavy (non-hydrogen) atoms. The molecule has 3 amide bonds. The standard InChI is InChI=1S/C26H22F4N6O3/c1-15-20(25(39)32-11-23(37)36-14-26(29,30)9-19(36)10-31)13-35(34-15)12-16-3-2-4-17(7-16)24(38)33-18-5-6-21(27)22(28)8-18/h2-8,13,19H,9,11-12,14H2,1H3,(H,32,39)(H,33,38)/t19-/m0/s1. The van der Waals surface area contributed by atoms with Crippen LogP contribution in [0.3, 0.4) is 0 Å². The van der Waals surface area contributed by atoms with Crippen LogP contribution in [0, 0.1) is 29.9 Å². The molecule has 0 saturated carbocycles. The van der Waals surface area contributed by atoms with Crippen molar-refractivity contribution in [3.63, 3.8) is 0 Å². The predicted molar refractivity (Wildman–Crippen MR) is 130 cm³/mol. The minimum absolute atomic E-state index is 0.0859. The Morgan fingerprint density at radius 1 is 1.13 bits per heavy atom. The van der Waals surface area contributed by atoms with Crippen LogP contribution in [-0.4, -0.2) is 57.5 Å². The summed E-state index contributed by atoms with van der Waals surface area (Å²) in [6, 6.07) is 9.88. The quantitative estimate of drug-likeness (QED) is 0.444. The third-order valence-electron chi connectivity index (χ3n) is 6.04. The van der Waals surface area contributed by atoms with Crippen LogP contribution < -0.4 is 10.6 Å². The average molecular weight is 542 g/mol. The van der Waals surface area contributed by atoms with Crippen LogP contribution in [0.1, 0.15) is 38.4 Å². The molecule has 0 radical (unpaired) electrons. The van der Waals surface area contributed by atoms with Gasteiger partial charge in [0.2, 0.25) is 5.91 Å². The predicted octanol–water partition coefficient (Wildman–Crippen LogP) is 3.26. The van der Waals surface area contributed by atoms with Gasteiger partial charge in [-0.05, 0) is 36.8 Å². The molecule has 0 bridgehead atoms. The highest BCUT2D eigenvalue weighted by molar-refractivity contribution is 6.04. The van der Waals surface area contributed by atoms with Crippen LogP contribution in [0.15, 0.2) is 48.7 Å². The zero-order valence-corrected chi connectivity index (χ0v) is 20.6. The largest absolute Gasteiger partial charge is 0.343 e. The lowest BCUT2D eigenvalue weighted by molar-refractivity contribution is -0.131. The molecule has 1 aromatic heterocycles. The van der Waals surface area contributed by atoms with E-state index in [0.717, 1.165) is 17.0 Å². The number of carbonyl (C=O) groups is 3. The minimum atomic E-state index is -3.16. The first kappa shape index (κ1) is 27.3. The van der Waals surface area contributed by atoms with Gasteiger partial charge < -0.3 is 15.5 Å². The van der Waals surface area contributed by atoms with E-state index in [9.17, 15) is 31.9 Å². The number of benzene rings is 2. The number of aryl methyl sites for hydroxylation is 1. The van der Waals surface area contributed by atoms with E-state index in [4.69, 9.17) is 5.26 Å². The number of halogens is 4. The lowest BCUT2D eigenvalue weighted by Gasteiger charge is -2.19. The number of hydrogen-bond acceptors (Lipinski definition) is 5. The second-order valence-corrected chi connectivity index (χ2v) is 9.02. The van der Waals surface area contributed by atoms with Crippen molar-refractivity contribution in [1.29, 1.82) is 5.26 Å². The number of hydrogen-bond donors (Lipinski definition) is 2. The summed E-state index contributed by atoms with van der Waals surface area (Å²) in [5.41, 5.74) is 1.48. The van der Waals surface area contributed by atoms with Gasteiger partial charge in [-0.2, -0.15) is 10.4 Å². The van der Waals surface area contributed by atoms with Crippen molar-refractivity contribution in [3.8, 4) is 6.07 Å². The van der Waals surface area contributed by atoms with E-state index in [-0.39, 0.29) is 23.4 Å². The van der Waals surface area contributed by atoms with E-state index in [1.165, 1.54) is 23.0 Å². The Bertz CT molecular complexity index is 1480. The van der Waals surface area contributed by atoms with Gasteiger partial charge in [0.05, 0.1) is 37.0 Å². The minimum Gasteiger partial charge on any atom is -0.343 e. The monoisotopic (exact) mass is 542 g/mol. The van der Waals surface area contributed by atoms with Crippen molar-refractivity contribution < 1.29 is 31.9 Å². The molecule has 0 spiro atoms. The fourth-order valence-corrected chi connectivity index (χ4v) is 4.14. The summed E-state index contributed by atoms with van der Waals surface area (Å²) in [5.74, 6) is -7.27. The van der Waals surface area contributed by atoms with Crippen molar-refractivity contribution in [2.75, 3.05) is 18.4 Å². The molecule has 1 saturated heterocycles. The number of likely N-dealkylation sites (tertiary alicyclic amines) is 1. The molecular formula is C26H22F4N6O3. The highest BCUT2D eigenvalue weighted by atomic mass is 19.3. The van der Waals surface area contributed by atoms with Crippen LogP contribution in [0.2, 0.25) is 0 Å². The molecule has 1 aliphatic heterocycles. The molecule has 2 heterocycles. The van der Waals surface area contributed by atoms with Crippen molar-refractivity contribution in [2.24, 2.45) is 0 Å². The summed E-state index contributed by atoms with van der Waals surface area (Å²) in [7, 11) is 0. The van der Waals surface area contributed by atoms with Crippen LogP contribution in [0.5, 0.6) is 0 Å². The third-order valence-corrected chi connectivity index (χ3v) is 6.04. The molecule has 13 heteroatoms. The summed E-state index contributed by atoms with van der Waals surface area (Å²) in [6.07, 6.45) is 0.688. The van der Waals surface area contributed by atoms with Crippen molar-refractivity contribution in [2.45, 2.75) is 31.9 Å². The van der Waals surface area contributed by atoms with Gasteiger partial charge in [-0.15, -0.1) is 0 Å². The normalized spacial score (nSPS) is 16.0. The maximum Gasteiger partial charge on any atom is 0.268 e. The zero-order chi connectivity index (χ0) is 28.3. The Morgan fingerprint density at radius 3 is 2.62 bits per heavy atom. The molecule has 0 unspecified atom stereocenters. The maximum absolute atomic E-state index is 13.6. The van der Waals surface area contributed by atoms with E-state index in [1.807, 2.05) is 0 Å². The van der Waals surface area contributed by atoms with Gasteiger partial charge in [-0.1, -0.05) is 12.1 Å². The van der Waals surface area contributed by atoms with E-state index in [1.54, 1.807) is 31.2 Å². The molecule has 0 aliphatic carbocycles. The smallest absolute Gasteiger partial charge is 0.268 e. The maximum atomic E-state index is 13.6. The number of rotatable bonds is 7. The van der Waals surface area contributed by atoms with E-state index in [2.05, 4.69) is 15.7 Å². The second-order valence-electron chi connectivity index (χ2n) is 9.02. The average Bonchev–Trinajstić information content (AvgIpc) is 3.42. The number of anilines is 1. The molecule has 1 fully saturated rings. The Hall–Kier alpha value is -4.73. The second kappa shape index (κ2) is 10.9. The number of amides is 3. The van der Waals surface area contributed by atoms with Crippen LogP contribution >= 0.6 is 0 Å². The molecule has 3 aromatic rings. The van der Waals surface area contributed by atoms with Gasteiger partial charge in [-0.3, -0.25) is 19.1 Å². The Labute approximate surface area is 220 Å². The zero-order valence-electron chi connectivity index (χ0n) is 20.6. The van der Waals surface area contributed by atoms with Gasteiger partial charge in [0.25, 0.3) is 17.7 Å². The first-order valence-electron chi connectivity index (χ1n) is 11.7. The number of nitrogens with zero attached hydrogens (tertiary/aromatic N) is 4. The number of nitriles is 1. The molecule has 2 N–H and O–H groups in total. The number of nitrogens with one attached hydrogen (secondary N) is 2. The topological polar surface area (TPSA) is 120 Å². The van der Waals surface area contributed by atoms with Gasteiger partial charge in [0.1, 0.15) is 6.04 Å². The Kier molecular flexibility index (Phi) is 7.66. The van der Waals surface area contributed by atoms with Gasteiger partial charge in [0.15, 0.2) is 11.6 Å². The van der Waals surface area contributed by atoms with Crippen molar-refractivity contribution in [3.05, 3.63) is 82.7 Å². The lowest BCUT2D eigenvalue weighted by atomic mass is 10.1. The van der Waals surface area contributed by atoms with Crippen molar-refractivity contribution in [1.82, 2.24) is 20.0 Å². The van der Waals surface area contributed by atoms with Gasteiger partial charge in [0, 0.05) is 29.9 Å². The van der Waals surface area contributed by atoms with Crippen LogP contribution in [0.25, 0.3) is 0 Å². The third kappa shape index (κ3) is 6.40. The van der Waals surface area contributed by atoms with Crippen molar-refractivity contribution >= 4 is 23.4 Å². The summed E-state index contributed by atoms with van der Waals surface area (Å²) in [6.45, 7) is 0.305. The number of aromatic nitrogens is 2. The summed E-state index contributed by atoms with van der Waals surface area (Å²) >= 11 is 0. The van der Waals surface area contributed by atoms with E-state index >= 15 is 0 Å². The molecule has 2 aromatic carbocycles. The fraction of sp³-hybridized carbons (Fsp3) is 0.269. The molecular weight excluding hydrogens is 520 g/mol. The Morgan fingerprint density at radius 2 is 1.90 bits per heavy atom. The van der Waals surface area contributed by atoms with Crippen LogP contribution in [0.4, 0.5) is 23.2 Å². The summed E-state index contributed by atoms with van der Waals surface area (Å²) in [4.78, 5) is 38.3. The Balaban J connectivity index is 1.38. The van der Waals surface area contributed by atoms with Gasteiger partial charge >= 0.3 is 0 Å². The summed E-state index contributed by atoms with van der Waals surface area (Å²) < 4.78 is 55.2. The highest BCUT2D eigenvalue weighted by Gasteiger charge is 2.47. The van der Waals surface area contributed by atoms with Gasteiger partial charge in [-0.25, -0.2) is 17.6 Å². The number of alkyl halides is 2. The van der Waals surface area contributed by atoms with E-state index < -0.39 is 60.8 Å². The molecule has 202 valence electrons. The molecule has 1 atom stereocenters. The number of carbonyl (C=O) groups excluding carboxylic acids is 3. The highest BCUT2D eigenvalue weighted by Crippen LogP contribution is 2.31. The summed E-state index contributed by atoms with van der Waals surface area (Å²) in [5, 5.41) is 18.2. The molecule has 4 rings (SSSR count). The fourth-order valence-electron chi connectivity index (χ4n) is 4.14. The SMILES string of the molecule is Cc1nn(Cc2cccc(C(=O)Nc3ccc(F)c(F)c3)c2)cc1C(=O)NCC(=O)N1CC(F)(F)C[C@H]1C#N. The van der Waals surface area contributed by atoms with E-state index in [0.29, 0.717) is 11.3 Å². The first-order valence-corrected chi connectivity index (χ1v) is 11.7. The lowest BCUT2D eigenvalue weighted by Crippen LogP contribution is -2.43. The first-order chi connectivity index (χ1) is 18.5. The molecule has 1 aliphatic rings. The van der Waals surface area contributed by atoms with Crippen LogP contribution in [-0.2, 0) is 11.3 Å².